The van der Waals surface area contributed by atoms with Gasteiger partial charge in [-0.25, -0.2) is 0 Å². The molecular weight excluding hydrogens is 435 g/mol. The summed E-state index contributed by atoms with van der Waals surface area (Å²) in [5, 5.41) is 24.0. The highest BCUT2D eigenvalue weighted by molar-refractivity contribution is 7.14. The molecule has 0 aliphatic rings. The van der Waals surface area contributed by atoms with E-state index in [0.717, 1.165) is 0 Å². The second-order valence-corrected chi connectivity index (χ2v) is 7.78. The number of nitro benzene ring substituents is 1. The third-order valence-corrected chi connectivity index (χ3v) is 5.93. The van der Waals surface area contributed by atoms with Gasteiger partial charge in [-0.05, 0) is 24.6 Å². The predicted octanol–water partition coefficient (Wildman–Crippen LogP) is 6.03. The first kappa shape index (κ1) is 21.0. The Morgan fingerprint density at radius 1 is 1.21 bits per heavy atom. The molecule has 0 atom stereocenters. The molecule has 0 bridgehead atoms. The molecule has 1 heterocycles. The van der Waals surface area contributed by atoms with Crippen LogP contribution in [-0.2, 0) is 0 Å². The highest BCUT2D eigenvalue weighted by Crippen LogP contribution is 2.40. The van der Waals surface area contributed by atoms with Crippen LogP contribution >= 0.6 is 34.5 Å². The van der Waals surface area contributed by atoms with Gasteiger partial charge in [0.1, 0.15) is 12.3 Å². The summed E-state index contributed by atoms with van der Waals surface area (Å²) < 4.78 is 0. The summed E-state index contributed by atoms with van der Waals surface area (Å²) >= 11 is 13.3. The average Bonchev–Trinajstić information content (AvgIpc) is 3.09. The van der Waals surface area contributed by atoms with Gasteiger partial charge in [0.15, 0.2) is 5.78 Å². The van der Waals surface area contributed by atoms with Crippen molar-refractivity contribution in [3.63, 3.8) is 0 Å². The van der Waals surface area contributed by atoms with Crippen LogP contribution < -0.4 is 0 Å². The van der Waals surface area contributed by atoms with Crippen LogP contribution in [-0.4, -0.2) is 28.1 Å². The van der Waals surface area contributed by atoms with Gasteiger partial charge in [-0.15, -0.1) is 11.3 Å². The van der Waals surface area contributed by atoms with Crippen molar-refractivity contribution >= 4 is 51.7 Å². The molecule has 1 aromatic heterocycles. The molecule has 0 amide bonds. The number of hydrogen-bond donors (Lipinski definition) is 1. The maximum atomic E-state index is 12.3. The van der Waals surface area contributed by atoms with E-state index in [4.69, 9.17) is 23.2 Å². The number of benzene rings is 2. The molecule has 0 radical (unpaired) electrons. The Hall–Kier alpha value is -2.74. The van der Waals surface area contributed by atoms with E-state index < -0.39 is 4.92 Å². The highest BCUT2D eigenvalue weighted by Gasteiger charge is 2.16. The van der Waals surface area contributed by atoms with Crippen LogP contribution in [0.2, 0.25) is 10.0 Å². The Labute approximate surface area is 180 Å². The molecule has 9 heteroatoms. The summed E-state index contributed by atoms with van der Waals surface area (Å²) in [4.78, 5) is 27.5. The summed E-state index contributed by atoms with van der Waals surface area (Å²) in [5.41, 5.74) is 1.75. The van der Waals surface area contributed by atoms with Crippen LogP contribution in [0.4, 0.5) is 5.69 Å². The van der Waals surface area contributed by atoms with Crippen molar-refractivity contribution in [3.05, 3.63) is 79.1 Å². The number of ketones is 1. The Balaban J connectivity index is 1.81. The molecule has 0 spiro atoms. The third kappa shape index (κ3) is 4.64. The lowest BCUT2D eigenvalue weighted by Crippen LogP contribution is -2.06. The van der Waals surface area contributed by atoms with E-state index in [1.807, 2.05) is 0 Å². The number of carbonyl (C=O) groups excluding carboxylic acids is 1. The van der Waals surface area contributed by atoms with E-state index in [1.165, 1.54) is 35.6 Å². The SMILES string of the molecule is CC(=NCC(=O)c1cccc([N+](=O)[O-])c1)c1csc(-c2ccc(Cl)c(Cl)c2)c1O. The van der Waals surface area contributed by atoms with Gasteiger partial charge < -0.3 is 5.11 Å². The van der Waals surface area contributed by atoms with Crippen molar-refractivity contribution in [2.45, 2.75) is 6.92 Å². The van der Waals surface area contributed by atoms with Gasteiger partial charge in [0.25, 0.3) is 5.69 Å². The van der Waals surface area contributed by atoms with Crippen LogP contribution in [0.25, 0.3) is 10.4 Å². The van der Waals surface area contributed by atoms with Gasteiger partial charge in [-0.3, -0.25) is 19.9 Å². The number of non-ortho nitro benzene ring substituents is 1. The Bertz CT molecular complexity index is 1140. The summed E-state index contributed by atoms with van der Waals surface area (Å²) in [5.74, 6) is -0.315. The monoisotopic (exact) mass is 448 g/mol. The van der Waals surface area contributed by atoms with Crippen LogP contribution in [0, 0.1) is 10.1 Å². The minimum atomic E-state index is -0.556. The standard InChI is InChI=1S/C20H14Cl2N2O4S/c1-11(23-9-18(25)12-3-2-4-14(7-12)24(27)28)15-10-29-20(19(15)26)13-5-6-16(21)17(22)8-13/h2-8,10,26H,9H2,1H3. The van der Waals surface area contributed by atoms with Crippen LogP contribution in [0.1, 0.15) is 22.8 Å². The van der Waals surface area contributed by atoms with Gasteiger partial charge in [0, 0.05) is 34.4 Å². The van der Waals surface area contributed by atoms with Crippen molar-refractivity contribution in [2.24, 2.45) is 4.99 Å². The zero-order valence-electron chi connectivity index (χ0n) is 15.1. The fourth-order valence-electron chi connectivity index (χ4n) is 2.61. The highest BCUT2D eigenvalue weighted by atomic mass is 35.5. The number of hydrogen-bond acceptors (Lipinski definition) is 6. The van der Waals surface area contributed by atoms with Crippen molar-refractivity contribution in [1.29, 1.82) is 0 Å². The Morgan fingerprint density at radius 3 is 2.66 bits per heavy atom. The molecule has 0 aliphatic heterocycles. The molecule has 6 nitrogen and oxygen atoms in total. The lowest BCUT2D eigenvalue weighted by atomic mass is 10.1. The number of nitrogens with zero attached hydrogens (tertiary/aromatic N) is 2. The van der Waals surface area contributed by atoms with Gasteiger partial charge in [-0.2, -0.15) is 0 Å². The average molecular weight is 449 g/mol. The molecule has 29 heavy (non-hydrogen) atoms. The fourth-order valence-corrected chi connectivity index (χ4v) is 3.91. The zero-order valence-corrected chi connectivity index (χ0v) is 17.4. The zero-order chi connectivity index (χ0) is 21.1. The normalized spacial score (nSPS) is 11.5. The predicted molar refractivity (Wildman–Crippen MR) is 116 cm³/mol. The number of Topliss-reactive ketones (excluding diaryl/α,β-unsaturated/α-hetero) is 1. The summed E-state index contributed by atoms with van der Waals surface area (Å²) in [6.07, 6.45) is 0. The quantitative estimate of drug-likeness (QED) is 0.215. The molecule has 3 rings (SSSR count). The van der Waals surface area contributed by atoms with Crippen LogP contribution in [0.15, 0.2) is 52.8 Å². The van der Waals surface area contributed by atoms with Crippen molar-refractivity contribution in [1.82, 2.24) is 0 Å². The van der Waals surface area contributed by atoms with Gasteiger partial charge in [-0.1, -0.05) is 41.4 Å². The molecule has 2 aromatic carbocycles. The molecule has 0 unspecified atom stereocenters. The molecule has 0 saturated heterocycles. The Morgan fingerprint density at radius 2 is 1.97 bits per heavy atom. The largest absolute Gasteiger partial charge is 0.506 e. The van der Waals surface area contributed by atoms with E-state index in [9.17, 15) is 20.0 Å². The maximum absolute atomic E-state index is 12.3. The third-order valence-electron chi connectivity index (χ3n) is 4.18. The van der Waals surface area contributed by atoms with Crippen LogP contribution in [0.3, 0.4) is 0 Å². The fraction of sp³-hybridized carbons (Fsp3) is 0.100. The number of thiophene rings is 1. The topological polar surface area (TPSA) is 92.8 Å². The number of aromatic hydroxyl groups is 1. The van der Waals surface area contributed by atoms with E-state index >= 15 is 0 Å². The first-order chi connectivity index (χ1) is 13.8. The van der Waals surface area contributed by atoms with Gasteiger partial charge in [0.05, 0.1) is 19.8 Å². The minimum absolute atomic E-state index is 0.0393. The number of rotatable bonds is 6. The molecule has 0 saturated carbocycles. The first-order valence-electron chi connectivity index (χ1n) is 8.33. The van der Waals surface area contributed by atoms with Crippen molar-refractivity contribution < 1.29 is 14.8 Å². The summed E-state index contributed by atoms with van der Waals surface area (Å²) in [6, 6.07) is 10.6. The van der Waals surface area contributed by atoms with Crippen molar-refractivity contribution in [3.8, 4) is 16.2 Å². The molecule has 1 N–H and O–H groups in total. The lowest BCUT2D eigenvalue weighted by Gasteiger charge is -2.04. The number of aliphatic imine (C=N–C) groups is 1. The summed E-state index contributed by atoms with van der Waals surface area (Å²) in [7, 11) is 0. The second kappa shape index (κ2) is 8.73. The molecule has 3 aromatic rings. The van der Waals surface area contributed by atoms with E-state index in [2.05, 4.69) is 4.99 Å². The second-order valence-electron chi connectivity index (χ2n) is 6.09. The van der Waals surface area contributed by atoms with Gasteiger partial charge in [0.2, 0.25) is 0 Å². The number of carbonyl (C=O) groups is 1. The maximum Gasteiger partial charge on any atom is 0.270 e. The van der Waals surface area contributed by atoms with Crippen LogP contribution in [0.5, 0.6) is 5.75 Å². The van der Waals surface area contributed by atoms with E-state index in [1.54, 1.807) is 30.5 Å². The van der Waals surface area contributed by atoms with E-state index in [-0.39, 0.29) is 29.3 Å². The molecular formula is C20H14Cl2N2O4S. The minimum Gasteiger partial charge on any atom is -0.506 e. The smallest absolute Gasteiger partial charge is 0.270 e. The number of nitro groups is 1. The molecule has 148 valence electrons. The molecule has 0 aliphatic carbocycles. The number of halogens is 2. The van der Waals surface area contributed by atoms with E-state index in [0.29, 0.717) is 31.8 Å². The van der Waals surface area contributed by atoms with Gasteiger partial charge >= 0.3 is 0 Å². The van der Waals surface area contributed by atoms with Crippen molar-refractivity contribution in [2.75, 3.05) is 6.54 Å². The summed E-state index contributed by atoms with van der Waals surface area (Å²) in [6.45, 7) is 1.49. The lowest BCUT2D eigenvalue weighted by molar-refractivity contribution is -0.384. The molecule has 0 fully saturated rings. The first-order valence-corrected chi connectivity index (χ1v) is 9.96. The Kier molecular flexibility index (Phi) is 6.32.